The number of hydrogen-bond acceptors (Lipinski definition) is 5. The van der Waals surface area contributed by atoms with Crippen molar-refractivity contribution < 1.29 is 4.79 Å². The topological polar surface area (TPSA) is 64.0 Å². The molecule has 0 bridgehead atoms. The number of nitrogens with zero attached hydrogens (tertiary/aromatic N) is 2. The van der Waals surface area contributed by atoms with Crippen molar-refractivity contribution in [2.75, 3.05) is 12.3 Å². The van der Waals surface area contributed by atoms with Crippen LogP contribution in [0.4, 0.5) is 0 Å². The van der Waals surface area contributed by atoms with E-state index >= 15 is 0 Å². The normalized spacial score (nSPS) is 10.7. The molecule has 0 aromatic carbocycles. The van der Waals surface area contributed by atoms with E-state index in [2.05, 4.69) is 23.5 Å². The van der Waals surface area contributed by atoms with Crippen molar-refractivity contribution in [1.82, 2.24) is 14.9 Å². The minimum absolute atomic E-state index is 0.0780. The maximum Gasteiger partial charge on any atom is 0.263 e. The number of nitrogens with one attached hydrogen (secondary N) is 1. The van der Waals surface area contributed by atoms with E-state index < -0.39 is 0 Å². The first-order chi connectivity index (χ1) is 11.0. The van der Waals surface area contributed by atoms with E-state index in [1.54, 1.807) is 16.7 Å². The van der Waals surface area contributed by atoms with Gasteiger partial charge >= 0.3 is 0 Å². The van der Waals surface area contributed by atoms with Gasteiger partial charge in [0.05, 0.1) is 11.1 Å². The van der Waals surface area contributed by atoms with Gasteiger partial charge < -0.3 is 5.32 Å². The van der Waals surface area contributed by atoms with E-state index in [1.165, 1.54) is 23.1 Å². The summed E-state index contributed by atoms with van der Waals surface area (Å²) in [5.41, 5.74) is 0.895. The largest absolute Gasteiger partial charge is 0.352 e. The average molecular weight is 349 g/mol. The molecule has 2 aromatic rings. The number of carbonyl (C=O) groups is 1. The molecule has 0 atom stereocenters. The third kappa shape index (κ3) is 3.73. The second-order valence-electron chi connectivity index (χ2n) is 4.94. The molecule has 0 aliphatic heterocycles. The monoisotopic (exact) mass is 349 g/mol. The third-order valence-electron chi connectivity index (χ3n) is 3.34. The van der Waals surface area contributed by atoms with Crippen LogP contribution in [0.2, 0.25) is 0 Å². The van der Waals surface area contributed by atoms with Gasteiger partial charge in [0.25, 0.3) is 5.56 Å². The SMILES string of the molecule is C=CCNC(=O)CSc1nc2sc(C)c(C)c2c(=O)n1CC=C. The molecular weight excluding hydrogens is 330 g/mol. The molecule has 23 heavy (non-hydrogen) atoms. The van der Waals surface area contributed by atoms with Crippen molar-refractivity contribution in [3.63, 3.8) is 0 Å². The van der Waals surface area contributed by atoms with Gasteiger partial charge in [-0.1, -0.05) is 23.9 Å². The predicted octanol–water partition coefficient (Wildman–Crippen LogP) is 2.66. The summed E-state index contributed by atoms with van der Waals surface area (Å²) < 4.78 is 1.57. The first-order valence-corrected chi connectivity index (χ1v) is 8.91. The molecule has 0 saturated heterocycles. The highest BCUT2D eigenvalue weighted by atomic mass is 32.2. The molecule has 0 spiro atoms. The molecule has 1 amide bonds. The molecule has 122 valence electrons. The summed E-state index contributed by atoms with van der Waals surface area (Å²) in [6, 6.07) is 0. The number of allylic oxidation sites excluding steroid dienone is 1. The highest BCUT2D eigenvalue weighted by Crippen LogP contribution is 2.28. The Balaban J connectivity index is 2.39. The summed E-state index contributed by atoms with van der Waals surface area (Å²) in [6.45, 7) is 12.0. The summed E-state index contributed by atoms with van der Waals surface area (Å²) >= 11 is 2.76. The lowest BCUT2D eigenvalue weighted by Crippen LogP contribution is -2.26. The second kappa shape index (κ2) is 7.61. The Morgan fingerprint density at radius 1 is 1.39 bits per heavy atom. The Hall–Kier alpha value is -1.86. The van der Waals surface area contributed by atoms with Crippen molar-refractivity contribution in [2.24, 2.45) is 0 Å². The van der Waals surface area contributed by atoms with Gasteiger partial charge in [0.2, 0.25) is 5.91 Å². The highest BCUT2D eigenvalue weighted by Gasteiger charge is 2.16. The highest BCUT2D eigenvalue weighted by molar-refractivity contribution is 7.99. The van der Waals surface area contributed by atoms with E-state index in [0.29, 0.717) is 23.6 Å². The molecule has 0 fully saturated rings. The Bertz CT molecular complexity index is 821. The van der Waals surface area contributed by atoms with Gasteiger partial charge in [-0.3, -0.25) is 14.2 Å². The van der Waals surface area contributed by atoms with Crippen LogP contribution in [0.1, 0.15) is 10.4 Å². The van der Waals surface area contributed by atoms with Gasteiger partial charge in [-0.25, -0.2) is 4.98 Å². The molecule has 7 heteroatoms. The summed E-state index contributed by atoms with van der Waals surface area (Å²) in [6.07, 6.45) is 3.28. The minimum Gasteiger partial charge on any atom is -0.352 e. The fraction of sp³-hybridized carbons (Fsp3) is 0.312. The van der Waals surface area contributed by atoms with Crippen LogP contribution >= 0.6 is 23.1 Å². The number of hydrogen-bond donors (Lipinski definition) is 1. The molecule has 1 N–H and O–H groups in total. The summed E-state index contributed by atoms with van der Waals surface area (Å²) in [7, 11) is 0. The lowest BCUT2D eigenvalue weighted by molar-refractivity contribution is -0.118. The maximum atomic E-state index is 12.7. The maximum absolute atomic E-state index is 12.7. The Kier molecular flexibility index (Phi) is 5.79. The van der Waals surface area contributed by atoms with Gasteiger partial charge in [-0.2, -0.15) is 0 Å². The van der Waals surface area contributed by atoms with Gasteiger partial charge in [-0.05, 0) is 19.4 Å². The predicted molar refractivity (Wildman–Crippen MR) is 97.5 cm³/mol. The quantitative estimate of drug-likeness (QED) is 0.474. The lowest BCUT2D eigenvalue weighted by Gasteiger charge is -2.10. The van der Waals surface area contributed by atoms with Crippen LogP contribution in [0.25, 0.3) is 10.2 Å². The molecule has 0 aliphatic rings. The number of thiophene rings is 1. The van der Waals surface area contributed by atoms with E-state index in [9.17, 15) is 9.59 Å². The van der Waals surface area contributed by atoms with Crippen molar-refractivity contribution in [2.45, 2.75) is 25.5 Å². The van der Waals surface area contributed by atoms with Gasteiger partial charge in [0.1, 0.15) is 4.83 Å². The molecule has 2 aromatic heterocycles. The van der Waals surface area contributed by atoms with E-state index in [0.717, 1.165) is 15.3 Å². The number of rotatable bonds is 7. The summed E-state index contributed by atoms with van der Waals surface area (Å²) in [5, 5.41) is 3.91. The first-order valence-electron chi connectivity index (χ1n) is 7.11. The summed E-state index contributed by atoms with van der Waals surface area (Å²) in [5.74, 6) is 0.0830. The number of amides is 1. The van der Waals surface area contributed by atoms with Crippen LogP contribution < -0.4 is 10.9 Å². The second-order valence-corrected chi connectivity index (χ2v) is 7.09. The van der Waals surface area contributed by atoms with Crippen LogP contribution in [0.3, 0.4) is 0 Å². The molecule has 0 aliphatic carbocycles. The molecule has 0 saturated carbocycles. The zero-order valence-corrected chi connectivity index (χ0v) is 14.9. The van der Waals surface area contributed by atoms with E-state index in [-0.39, 0.29) is 17.2 Å². The van der Waals surface area contributed by atoms with Crippen LogP contribution in [0.5, 0.6) is 0 Å². The van der Waals surface area contributed by atoms with E-state index in [1.807, 2.05) is 13.8 Å². The first kappa shape index (κ1) is 17.5. The van der Waals surface area contributed by atoms with Gasteiger partial charge in [0, 0.05) is 18.0 Å². The number of thioether (sulfide) groups is 1. The Morgan fingerprint density at radius 2 is 2.13 bits per heavy atom. The summed E-state index contributed by atoms with van der Waals surface area (Å²) in [4.78, 5) is 30.9. The van der Waals surface area contributed by atoms with Crippen LogP contribution in [0, 0.1) is 13.8 Å². The molecular formula is C16H19N3O2S2. The molecule has 0 unspecified atom stereocenters. The fourth-order valence-corrected chi connectivity index (χ4v) is 3.99. The number of aryl methyl sites for hydroxylation is 2. The van der Waals surface area contributed by atoms with Crippen molar-refractivity contribution >= 4 is 39.2 Å². The number of aromatic nitrogens is 2. The molecule has 2 rings (SSSR count). The fourth-order valence-electron chi connectivity index (χ4n) is 2.08. The third-order valence-corrected chi connectivity index (χ3v) is 5.42. The molecule has 5 nitrogen and oxygen atoms in total. The number of carbonyl (C=O) groups excluding carboxylic acids is 1. The van der Waals surface area contributed by atoms with Gasteiger partial charge in [-0.15, -0.1) is 24.5 Å². The minimum atomic E-state index is -0.118. The zero-order valence-electron chi connectivity index (χ0n) is 13.2. The van der Waals surface area contributed by atoms with Gasteiger partial charge in [0.15, 0.2) is 5.16 Å². The zero-order chi connectivity index (χ0) is 17.0. The molecule has 0 radical (unpaired) electrons. The van der Waals surface area contributed by atoms with Crippen molar-refractivity contribution in [3.05, 3.63) is 46.1 Å². The van der Waals surface area contributed by atoms with Crippen LogP contribution in [-0.4, -0.2) is 27.8 Å². The van der Waals surface area contributed by atoms with Crippen LogP contribution in [-0.2, 0) is 11.3 Å². The van der Waals surface area contributed by atoms with Crippen molar-refractivity contribution in [1.29, 1.82) is 0 Å². The number of fused-ring (bicyclic) bond motifs is 1. The standard InChI is InChI=1S/C16H19N3O2S2/c1-5-7-17-12(20)9-22-16-18-14-13(10(3)11(4)23-14)15(21)19(16)8-6-2/h5-6H,1-2,7-9H2,3-4H3,(H,17,20). The smallest absolute Gasteiger partial charge is 0.263 e. The van der Waals surface area contributed by atoms with Crippen LogP contribution in [0.15, 0.2) is 35.3 Å². The lowest BCUT2D eigenvalue weighted by atomic mass is 10.2. The van der Waals surface area contributed by atoms with Crippen molar-refractivity contribution in [3.8, 4) is 0 Å². The molecule has 2 heterocycles. The average Bonchev–Trinajstić information content (AvgIpc) is 2.81. The Labute approximate surface area is 143 Å². The Morgan fingerprint density at radius 3 is 2.78 bits per heavy atom. The van der Waals surface area contributed by atoms with E-state index in [4.69, 9.17) is 0 Å².